The first-order valence-corrected chi connectivity index (χ1v) is 7.95. The normalized spacial score (nSPS) is 10.5. The van der Waals surface area contributed by atoms with E-state index in [9.17, 15) is 4.79 Å². The van der Waals surface area contributed by atoms with Crippen LogP contribution in [0.2, 0.25) is 0 Å². The Morgan fingerprint density at radius 2 is 2.08 bits per heavy atom. The molecule has 0 unspecified atom stereocenters. The van der Waals surface area contributed by atoms with Gasteiger partial charge >= 0.3 is 0 Å². The van der Waals surface area contributed by atoms with Crippen LogP contribution in [0.15, 0.2) is 48.8 Å². The summed E-state index contributed by atoms with van der Waals surface area (Å²) in [5.41, 5.74) is 3.64. The third kappa shape index (κ3) is 4.41. The van der Waals surface area contributed by atoms with Gasteiger partial charge in [-0.1, -0.05) is 18.2 Å². The number of nitrogens with zero attached hydrogens (tertiary/aromatic N) is 4. The van der Waals surface area contributed by atoms with E-state index in [0.29, 0.717) is 12.3 Å². The number of tetrazole rings is 1. The monoisotopic (exact) mass is 337 g/mol. The van der Waals surface area contributed by atoms with E-state index in [1.807, 2.05) is 50.2 Å². The number of ether oxygens (including phenoxy) is 1. The fourth-order valence-electron chi connectivity index (χ4n) is 2.35. The minimum absolute atomic E-state index is 0.112. The Balaban J connectivity index is 1.54. The predicted molar refractivity (Wildman–Crippen MR) is 93.8 cm³/mol. The van der Waals surface area contributed by atoms with E-state index in [0.717, 1.165) is 22.6 Å². The van der Waals surface area contributed by atoms with Crippen LogP contribution in [-0.4, -0.2) is 32.7 Å². The quantitative estimate of drug-likeness (QED) is 0.748. The van der Waals surface area contributed by atoms with E-state index < -0.39 is 0 Å². The molecule has 0 fully saturated rings. The molecule has 1 amide bonds. The van der Waals surface area contributed by atoms with Crippen LogP contribution in [0.5, 0.6) is 5.75 Å². The van der Waals surface area contributed by atoms with Crippen molar-refractivity contribution in [1.82, 2.24) is 20.2 Å². The molecule has 0 aliphatic heterocycles. The van der Waals surface area contributed by atoms with Gasteiger partial charge in [0.15, 0.2) is 0 Å². The molecule has 1 N–H and O–H groups in total. The summed E-state index contributed by atoms with van der Waals surface area (Å²) in [6, 6.07) is 13.3. The maximum absolute atomic E-state index is 12.1. The van der Waals surface area contributed by atoms with Crippen molar-refractivity contribution in [2.24, 2.45) is 0 Å². The zero-order chi connectivity index (χ0) is 17.6. The van der Waals surface area contributed by atoms with Gasteiger partial charge < -0.3 is 10.1 Å². The van der Waals surface area contributed by atoms with Gasteiger partial charge in [-0.15, -0.1) is 5.10 Å². The Hall–Kier alpha value is -3.22. The smallest absolute Gasteiger partial charge is 0.227 e. The second kappa shape index (κ2) is 7.57. The van der Waals surface area contributed by atoms with Crippen molar-refractivity contribution < 1.29 is 9.53 Å². The van der Waals surface area contributed by atoms with Crippen molar-refractivity contribution in [1.29, 1.82) is 0 Å². The Morgan fingerprint density at radius 3 is 2.88 bits per heavy atom. The highest BCUT2D eigenvalue weighted by Gasteiger charge is 2.06. The summed E-state index contributed by atoms with van der Waals surface area (Å²) in [5.74, 6) is 0.702. The molecule has 0 aliphatic rings. The molecule has 25 heavy (non-hydrogen) atoms. The van der Waals surface area contributed by atoms with Crippen LogP contribution in [0.25, 0.3) is 5.69 Å². The van der Waals surface area contributed by atoms with E-state index in [1.165, 1.54) is 11.0 Å². The number of nitrogens with one attached hydrogen (secondary N) is 1. The molecule has 0 spiro atoms. The lowest BCUT2D eigenvalue weighted by molar-refractivity contribution is -0.116. The maximum atomic E-state index is 12.1. The first kappa shape index (κ1) is 16.6. The SMILES string of the molecule is Cc1ccc(C)c(OCCC(=O)Nc2cccc(-n3cnnn3)c2)c1. The van der Waals surface area contributed by atoms with Crippen molar-refractivity contribution in [3.8, 4) is 11.4 Å². The third-order valence-corrected chi connectivity index (χ3v) is 3.67. The zero-order valence-electron chi connectivity index (χ0n) is 14.1. The zero-order valence-corrected chi connectivity index (χ0v) is 14.1. The molecule has 2 aromatic carbocycles. The van der Waals surface area contributed by atoms with Crippen LogP contribution < -0.4 is 10.1 Å². The van der Waals surface area contributed by atoms with E-state index >= 15 is 0 Å². The average molecular weight is 337 g/mol. The van der Waals surface area contributed by atoms with Crippen molar-refractivity contribution in [2.75, 3.05) is 11.9 Å². The summed E-state index contributed by atoms with van der Waals surface area (Å²) in [6.07, 6.45) is 1.77. The second-order valence-corrected chi connectivity index (χ2v) is 5.72. The van der Waals surface area contributed by atoms with Gasteiger partial charge in [0.2, 0.25) is 5.91 Å². The molecule has 0 aliphatic carbocycles. The van der Waals surface area contributed by atoms with Gasteiger partial charge in [0.05, 0.1) is 18.7 Å². The molecule has 128 valence electrons. The summed E-state index contributed by atoms with van der Waals surface area (Å²) >= 11 is 0. The Bertz CT molecular complexity index is 862. The van der Waals surface area contributed by atoms with Gasteiger partial charge in [-0.05, 0) is 59.7 Å². The highest BCUT2D eigenvalue weighted by molar-refractivity contribution is 5.91. The fraction of sp³-hybridized carbons (Fsp3) is 0.222. The lowest BCUT2D eigenvalue weighted by Gasteiger charge is -2.10. The molecule has 1 heterocycles. The highest BCUT2D eigenvalue weighted by Crippen LogP contribution is 2.19. The number of aromatic nitrogens is 4. The summed E-state index contributed by atoms with van der Waals surface area (Å²) in [7, 11) is 0. The lowest BCUT2D eigenvalue weighted by Crippen LogP contribution is -2.15. The number of anilines is 1. The van der Waals surface area contributed by atoms with E-state index in [1.54, 1.807) is 6.07 Å². The molecule has 3 aromatic rings. The lowest BCUT2D eigenvalue weighted by atomic mass is 10.1. The Labute approximate surface area is 145 Å². The van der Waals surface area contributed by atoms with Crippen molar-refractivity contribution in [3.05, 3.63) is 59.9 Å². The van der Waals surface area contributed by atoms with Crippen LogP contribution in [0.4, 0.5) is 5.69 Å². The van der Waals surface area contributed by atoms with Gasteiger partial charge in [0.1, 0.15) is 12.1 Å². The first-order valence-electron chi connectivity index (χ1n) is 7.95. The van der Waals surface area contributed by atoms with Crippen LogP contribution in [0.3, 0.4) is 0 Å². The number of benzene rings is 2. The minimum Gasteiger partial charge on any atom is -0.493 e. The topological polar surface area (TPSA) is 81.9 Å². The largest absolute Gasteiger partial charge is 0.493 e. The third-order valence-electron chi connectivity index (χ3n) is 3.67. The number of carbonyl (C=O) groups excluding carboxylic acids is 1. The number of carbonyl (C=O) groups is 1. The first-order chi connectivity index (χ1) is 12.1. The fourth-order valence-corrected chi connectivity index (χ4v) is 2.35. The maximum Gasteiger partial charge on any atom is 0.227 e. The van der Waals surface area contributed by atoms with Crippen molar-refractivity contribution >= 4 is 11.6 Å². The molecule has 7 heteroatoms. The average Bonchev–Trinajstić information content (AvgIpc) is 3.13. The Kier molecular flexibility index (Phi) is 5.03. The minimum atomic E-state index is -0.112. The number of hydrogen-bond acceptors (Lipinski definition) is 5. The second-order valence-electron chi connectivity index (χ2n) is 5.72. The highest BCUT2D eigenvalue weighted by atomic mass is 16.5. The number of aryl methyl sites for hydroxylation is 2. The van der Waals surface area contributed by atoms with Gasteiger partial charge in [0, 0.05) is 5.69 Å². The van der Waals surface area contributed by atoms with Crippen LogP contribution in [0.1, 0.15) is 17.5 Å². The van der Waals surface area contributed by atoms with Crippen LogP contribution in [-0.2, 0) is 4.79 Å². The standard InChI is InChI=1S/C18H19N5O2/c1-13-6-7-14(2)17(10-13)25-9-8-18(24)20-15-4-3-5-16(11-15)23-12-19-21-22-23/h3-7,10-12H,8-9H2,1-2H3,(H,20,24). The molecule has 3 rings (SSSR count). The number of hydrogen-bond donors (Lipinski definition) is 1. The van der Waals surface area contributed by atoms with E-state index in [-0.39, 0.29) is 12.3 Å². The summed E-state index contributed by atoms with van der Waals surface area (Å²) in [6.45, 7) is 4.32. The number of rotatable bonds is 6. The molecule has 0 saturated heterocycles. The molecular formula is C18H19N5O2. The van der Waals surface area contributed by atoms with Gasteiger partial charge in [-0.2, -0.15) is 0 Å². The van der Waals surface area contributed by atoms with E-state index in [2.05, 4.69) is 20.8 Å². The summed E-state index contributed by atoms with van der Waals surface area (Å²) in [5, 5.41) is 13.9. The van der Waals surface area contributed by atoms with E-state index in [4.69, 9.17) is 4.74 Å². The Morgan fingerprint density at radius 1 is 1.20 bits per heavy atom. The molecule has 1 aromatic heterocycles. The number of amides is 1. The summed E-state index contributed by atoms with van der Waals surface area (Å²) in [4.78, 5) is 12.1. The van der Waals surface area contributed by atoms with Crippen molar-refractivity contribution in [3.63, 3.8) is 0 Å². The molecule has 0 saturated carbocycles. The van der Waals surface area contributed by atoms with Crippen molar-refractivity contribution in [2.45, 2.75) is 20.3 Å². The molecule has 0 radical (unpaired) electrons. The predicted octanol–water partition coefficient (Wildman–Crippen LogP) is 2.69. The van der Waals surface area contributed by atoms with Gasteiger partial charge in [-0.3, -0.25) is 4.79 Å². The summed E-state index contributed by atoms with van der Waals surface area (Å²) < 4.78 is 7.24. The molecular weight excluding hydrogens is 318 g/mol. The van der Waals surface area contributed by atoms with Gasteiger partial charge in [0.25, 0.3) is 0 Å². The van der Waals surface area contributed by atoms with Crippen LogP contribution >= 0.6 is 0 Å². The van der Waals surface area contributed by atoms with Gasteiger partial charge in [-0.25, -0.2) is 4.68 Å². The molecule has 7 nitrogen and oxygen atoms in total. The van der Waals surface area contributed by atoms with Crippen LogP contribution in [0, 0.1) is 13.8 Å². The molecule has 0 bridgehead atoms. The molecule has 0 atom stereocenters.